The molecule has 3 aromatic rings. The van der Waals surface area contributed by atoms with Crippen molar-refractivity contribution in [3.05, 3.63) is 39.5 Å². The summed E-state index contributed by atoms with van der Waals surface area (Å²) in [6.07, 6.45) is 1.83. The van der Waals surface area contributed by atoms with E-state index in [1.54, 1.807) is 4.57 Å². The molecule has 0 aliphatic carbocycles. The number of carbonyl (C=O) groups is 1. The Morgan fingerprint density at radius 2 is 2.00 bits per heavy atom. The first-order valence-electron chi connectivity index (χ1n) is 9.12. The lowest BCUT2D eigenvalue weighted by Crippen LogP contribution is -2.21. The lowest BCUT2D eigenvalue weighted by Gasteiger charge is -2.12. The highest BCUT2D eigenvalue weighted by molar-refractivity contribution is 7.22. The Hall–Kier alpha value is -2.38. The van der Waals surface area contributed by atoms with E-state index in [0.717, 1.165) is 35.1 Å². The van der Waals surface area contributed by atoms with Gasteiger partial charge in [0, 0.05) is 18.5 Å². The number of thiophene rings is 1. The topological polar surface area (TPSA) is 77.8 Å². The number of pyridine rings is 1. The fraction of sp³-hybridized carbons (Fsp3) is 0.400. The molecule has 1 N–H and O–H groups in total. The van der Waals surface area contributed by atoms with Gasteiger partial charge in [-0.25, -0.2) is 4.79 Å². The van der Waals surface area contributed by atoms with E-state index in [1.807, 2.05) is 31.2 Å². The Morgan fingerprint density at radius 1 is 1.22 bits per heavy atom. The first kappa shape index (κ1) is 19.4. The summed E-state index contributed by atoms with van der Waals surface area (Å²) in [5.41, 5.74) is 0.620. The number of carboxylic acids is 1. The zero-order valence-electron chi connectivity index (χ0n) is 15.5. The number of para-hydroxylation sites is 1. The molecule has 0 saturated carbocycles. The highest BCUT2D eigenvalue weighted by Gasteiger charge is 2.25. The van der Waals surface area contributed by atoms with Gasteiger partial charge in [0.05, 0.1) is 16.8 Å². The number of hydrogen-bond acceptors (Lipinski definition) is 5. The zero-order chi connectivity index (χ0) is 19.4. The number of hydrogen-bond donors (Lipinski definition) is 1. The number of aryl methyl sites for hydroxylation is 1. The van der Waals surface area contributed by atoms with Gasteiger partial charge in [0.1, 0.15) is 12.0 Å². The lowest BCUT2D eigenvalue weighted by molar-refractivity contribution is 0.0693. The zero-order valence-corrected chi connectivity index (χ0v) is 16.3. The smallest absolute Gasteiger partial charge is 0.349 e. The standard InChI is InChI=1S/C20H23NO5S/c1-3-5-10-21-14-9-7-6-8-13(14)17-15(19(21)22)16(18(27-17)20(23)24)26-12-11-25-4-2/h6-9H,3-5,10-12H2,1-2H3,(H,23,24). The van der Waals surface area contributed by atoms with Crippen LogP contribution < -0.4 is 10.3 Å². The maximum atomic E-state index is 13.3. The predicted molar refractivity (Wildman–Crippen MR) is 107 cm³/mol. The molecule has 1 aromatic carbocycles. The van der Waals surface area contributed by atoms with Crippen LogP contribution in [-0.4, -0.2) is 35.5 Å². The van der Waals surface area contributed by atoms with E-state index in [0.29, 0.717) is 29.8 Å². The average molecular weight is 389 g/mol. The highest BCUT2D eigenvalue weighted by Crippen LogP contribution is 2.39. The van der Waals surface area contributed by atoms with Crippen LogP contribution in [0.15, 0.2) is 29.1 Å². The quantitative estimate of drug-likeness (QED) is 0.557. The molecule has 144 valence electrons. The molecule has 0 fully saturated rings. The summed E-state index contributed by atoms with van der Waals surface area (Å²) in [5, 5.41) is 10.9. The van der Waals surface area contributed by atoms with Crippen LogP contribution in [0.2, 0.25) is 0 Å². The van der Waals surface area contributed by atoms with Crippen molar-refractivity contribution in [3.8, 4) is 5.75 Å². The fourth-order valence-electron chi connectivity index (χ4n) is 3.11. The number of aromatic nitrogens is 1. The van der Waals surface area contributed by atoms with Crippen molar-refractivity contribution in [1.29, 1.82) is 0 Å². The molecule has 0 aliphatic rings. The largest absolute Gasteiger partial charge is 0.489 e. The minimum Gasteiger partial charge on any atom is -0.489 e. The summed E-state index contributed by atoms with van der Waals surface area (Å²) in [4.78, 5) is 25.1. The number of carboxylic acid groups (broad SMARTS) is 1. The molecule has 0 radical (unpaired) electrons. The van der Waals surface area contributed by atoms with E-state index < -0.39 is 5.97 Å². The van der Waals surface area contributed by atoms with Gasteiger partial charge in [0.25, 0.3) is 5.56 Å². The summed E-state index contributed by atoms with van der Waals surface area (Å²) >= 11 is 1.09. The predicted octanol–water partition coefficient (Wildman–Crippen LogP) is 4.13. The van der Waals surface area contributed by atoms with Gasteiger partial charge in [-0.2, -0.15) is 0 Å². The van der Waals surface area contributed by atoms with E-state index in [-0.39, 0.29) is 22.8 Å². The minimum atomic E-state index is -1.09. The molecule has 0 spiro atoms. The van der Waals surface area contributed by atoms with Crippen molar-refractivity contribution in [2.24, 2.45) is 0 Å². The number of benzene rings is 1. The number of nitrogens with zero attached hydrogens (tertiary/aromatic N) is 1. The summed E-state index contributed by atoms with van der Waals surface area (Å²) in [5.74, 6) is -0.936. The summed E-state index contributed by atoms with van der Waals surface area (Å²) in [7, 11) is 0. The number of rotatable bonds is 9. The van der Waals surface area contributed by atoms with Crippen LogP contribution in [0, 0.1) is 0 Å². The van der Waals surface area contributed by atoms with Gasteiger partial charge >= 0.3 is 5.97 Å². The summed E-state index contributed by atoms with van der Waals surface area (Å²) in [6, 6.07) is 7.61. The van der Waals surface area contributed by atoms with Crippen molar-refractivity contribution in [3.63, 3.8) is 0 Å². The molecule has 2 heterocycles. The third kappa shape index (κ3) is 3.70. The molecule has 7 heteroatoms. The molecular formula is C20H23NO5S. The Labute approximate surface area is 160 Å². The number of fused-ring (bicyclic) bond motifs is 3. The molecule has 0 bridgehead atoms. The third-order valence-electron chi connectivity index (χ3n) is 4.37. The Kier molecular flexibility index (Phi) is 6.13. The normalized spacial score (nSPS) is 11.3. The molecule has 3 rings (SSSR count). The van der Waals surface area contributed by atoms with Gasteiger partial charge < -0.3 is 19.1 Å². The first-order chi connectivity index (χ1) is 13.1. The third-order valence-corrected chi connectivity index (χ3v) is 5.56. The minimum absolute atomic E-state index is 0.0528. The summed E-state index contributed by atoms with van der Waals surface area (Å²) in [6.45, 7) is 5.62. The van der Waals surface area contributed by atoms with Gasteiger partial charge in [0.15, 0.2) is 10.6 Å². The van der Waals surface area contributed by atoms with Crippen molar-refractivity contribution in [2.45, 2.75) is 33.2 Å². The molecule has 27 heavy (non-hydrogen) atoms. The van der Waals surface area contributed by atoms with Crippen LogP contribution in [-0.2, 0) is 11.3 Å². The summed E-state index contributed by atoms with van der Waals surface area (Å²) < 4.78 is 13.4. The lowest BCUT2D eigenvalue weighted by atomic mass is 10.1. The Balaban J connectivity index is 2.26. The van der Waals surface area contributed by atoms with Crippen LogP contribution in [0.5, 0.6) is 5.75 Å². The van der Waals surface area contributed by atoms with Gasteiger partial charge in [-0.15, -0.1) is 11.3 Å². The second-order valence-corrected chi connectivity index (χ2v) is 7.16. The van der Waals surface area contributed by atoms with Crippen molar-refractivity contribution >= 4 is 38.3 Å². The molecule has 0 aliphatic heterocycles. The molecule has 0 unspecified atom stereocenters. The maximum Gasteiger partial charge on any atom is 0.349 e. The SMILES string of the molecule is CCCCn1c(=O)c2c(OCCOCC)c(C(=O)O)sc2c2ccccc21. The van der Waals surface area contributed by atoms with E-state index >= 15 is 0 Å². The van der Waals surface area contributed by atoms with Gasteiger partial charge in [0.2, 0.25) is 0 Å². The molecule has 0 atom stereocenters. The Bertz CT molecular complexity index is 1020. The monoisotopic (exact) mass is 389 g/mol. The van der Waals surface area contributed by atoms with E-state index in [2.05, 4.69) is 6.92 Å². The molecule has 6 nitrogen and oxygen atoms in total. The van der Waals surface area contributed by atoms with E-state index in [1.165, 1.54) is 0 Å². The first-order valence-corrected chi connectivity index (χ1v) is 9.93. The van der Waals surface area contributed by atoms with Crippen LogP contribution in [0.4, 0.5) is 0 Å². The van der Waals surface area contributed by atoms with Crippen LogP contribution in [0.1, 0.15) is 36.4 Å². The molecule has 2 aromatic heterocycles. The highest BCUT2D eigenvalue weighted by atomic mass is 32.1. The van der Waals surface area contributed by atoms with E-state index in [9.17, 15) is 14.7 Å². The molecule has 0 saturated heterocycles. The van der Waals surface area contributed by atoms with Gasteiger partial charge in [-0.05, 0) is 19.4 Å². The number of aromatic carboxylic acids is 1. The maximum absolute atomic E-state index is 13.3. The van der Waals surface area contributed by atoms with Crippen LogP contribution >= 0.6 is 11.3 Å². The molecular weight excluding hydrogens is 366 g/mol. The van der Waals surface area contributed by atoms with Crippen molar-refractivity contribution < 1.29 is 19.4 Å². The van der Waals surface area contributed by atoms with Gasteiger partial charge in [-0.3, -0.25) is 4.79 Å². The second kappa shape index (κ2) is 8.54. The van der Waals surface area contributed by atoms with Crippen molar-refractivity contribution in [2.75, 3.05) is 19.8 Å². The van der Waals surface area contributed by atoms with Crippen LogP contribution in [0.3, 0.4) is 0 Å². The fourth-order valence-corrected chi connectivity index (χ4v) is 4.22. The number of unbranched alkanes of at least 4 members (excludes halogenated alkanes) is 1. The van der Waals surface area contributed by atoms with E-state index in [4.69, 9.17) is 9.47 Å². The average Bonchev–Trinajstić information content (AvgIpc) is 3.05. The Morgan fingerprint density at radius 3 is 2.70 bits per heavy atom. The van der Waals surface area contributed by atoms with Gasteiger partial charge in [-0.1, -0.05) is 31.5 Å². The van der Waals surface area contributed by atoms with Crippen LogP contribution in [0.25, 0.3) is 21.0 Å². The second-order valence-electron chi connectivity index (χ2n) is 6.14. The van der Waals surface area contributed by atoms with Crippen molar-refractivity contribution in [1.82, 2.24) is 4.57 Å². The number of ether oxygens (including phenoxy) is 2. The molecule has 0 amide bonds.